The Morgan fingerprint density at radius 1 is 1.11 bits per heavy atom. The van der Waals surface area contributed by atoms with Crippen LogP contribution in [-0.2, 0) is 19.4 Å². The SMILES string of the molecule is CCc1cccc2c(CCNC(=NC)NCc3cccc(N(C)C)n3)c[nH]c12. The van der Waals surface area contributed by atoms with Gasteiger partial charge in [-0.05, 0) is 36.1 Å². The number of rotatable bonds is 7. The lowest BCUT2D eigenvalue weighted by Gasteiger charge is -2.14. The average Bonchev–Trinajstić information content (AvgIpc) is 3.14. The number of pyridine rings is 1. The van der Waals surface area contributed by atoms with Gasteiger partial charge < -0.3 is 20.5 Å². The summed E-state index contributed by atoms with van der Waals surface area (Å²) < 4.78 is 0. The fourth-order valence-electron chi connectivity index (χ4n) is 3.30. The van der Waals surface area contributed by atoms with Crippen molar-refractivity contribution in [2.45, 2.75) is 26.3 Å². The Kier molecular flexibility index (Phi) is 6.53. The monoisotopic (exact) mass is 378 g/mol. The number of aliphatic imine (C=N–C) groups is 1. The summed E-state index contributed by atoms with van der Waals surface area (Å²) in [7, 11) is 5.78. The van der Waals surface area contributed by atoms with Gasteiger partial charge in [-0.15, -0.1) is 0 Å². The van der Waals surface area contributed by atoms with Gasteiger partial charge in [0.15, 0.2) is 5.96 Å². The zero-order valence-corrected chi connectivity index (χ0v) is 17.2. The maximum absolute atomic E-state index is 4.63. The Labute approximate surface area is 167 Å². The van der Waals surface area contributed by atoms with Gasteiger partial charge in [-0.1, -0.05) is 31.2 Å². The van der Waals surface area contributed by atoms with Crippen LogP contribution >= 0.6 is 0 Å². The van der Waals surface area contributed by atoms with Crippen LogP contribution in [-0.4, -0.2) is 43.6 Å². The van der Waals surface area contributed by atoms with E-state index in [1.165, 1.54) is 22.0 Å². The van der Waals surface area contributed by atoms with Crippen LogP contribution in [0.15, 0.2) is 47.6 Å². The highest BCUT2D eigenvalue weighted by molar-refractivity contribution is 5.86. The molecule has 148 valence electrons. The third-order valence-electron chi connectivity index (χ3n) is 4.87. The fraction of sp³-hybridized carbons (Fsp3) is 0.364. The molecule has 0 atom stereocenters. The van der Waals surface area contributed by atoms with Gasteiger partial charge in [0.05, 0.1) is 12.2 Å². The first kappa shape index (κ1) is 19.7. The number of nitrogens with one attached hydrogen (secondary N) is 3. The number of anilines is 1. The largest absolute Gasteiger partial charge is 0.363 e. The van der Waals surface area contributed by atoms with E-state index in [0.717, 1.165) is 36.9 Å². The van der Waals surface area contributed by atoms with Gasteiger partial charge in [-0.2, -0.15) is 0 Å². The molecule has 1 aromatic carbocycles. The summed E-state index contributed by atoms with van der Waals surface area (Å²) >= 11 is 0. The van der Waals surface area contributed by atoms with Crippen LogP contribution in [0.3, 0.4) is 0 Å². The third-order valence-corrected chi connectivity index (χ3v) is 4.87. The zero-order valence-electron chi connectivity index (χ0n) is 17.2. The van der Waals surface area contributed by atoms with Crippen molar-refractivity contribution in [2.75, 3.05) is 32.6 Å². The first-order valence-corrected chi connectivity index (χ1v) is 9.78. The van der Waals surface area contributed by atoms with E-state index in [2.05, 4.69) is 56.9 Å². The van der Waals surface area contributed by atoms with Crippen LogP contribution < -0.4 is 15.5 Å². The van der Waals surface area contributed by atoms with Crippen molar-refractivity contribution in [1.82, 2.24) is 20.6 Å². The Morgan fingerprint density at radius 2 is 1.93 bits per heavy atom. The highest BCUT2D eigenvalue weighted by atomic mass is 15.2. The first-order chi connectivity index (χ1) is 13.6. The van der Waals surface area contributed by atoms with Crippen molar-refractivity contribution in [2.24, 2.45) is 4.99 Å². The molecule has 3 N–H and O–H groups in total. The molecule has 0 bridgehead atoms. The first-order valence-electron chi connectivity index (χ1n) is 9.78. The van der Waals surface area contributed by atoms with E-state index in [1.807, 2.05) is 37.2 Å². The van der Waals surface area contributed by atoms with Gasteiger partial charge >= 0.3 is 0 Å². The molecule has 0 aliphatic carbocycles. The molecular weight excluding hydrogens is 348 g/mol. The lowest BCUT2D eigenvalue weighted by Crippen LogP contribution is -2.38. The molecule has 0 radical (unpaired) electrons. The second kappa shape index (κ2) is 9.26. The minimum Gasteiger partial charge on any atom is -0.363 e. The van der Waals surface area contributed by atoms with Crippen molar-refractivity contribution in [3.8, 4) is 0 Å². The van der Waals surface area contributed by atoms with Crippen LogP contribution in [0.25, 0.3) is 10.9 Å². The van der Waals surface area contributed by atoms with Crippen molar-refractivity contribution >= 4 is 22.7 Å². The molecule has 6 nitrogen and oxygen atoms in total. The fourth-order valence-corrected chi connectivity index (χ4v) is 3.30. The number of H-pyrrole nitrogens is 1. The molecule has 3 rings (SSSR count). The van der Waals surface area contributed by atoms with Gasteiger partial charge in [-0.25, -0.2) is 4.98 Å². The number of fused-ring (bicyclic) bond motifs is 1. The van der Waals surface area contributed by atoms with E-state index in [-0.39, 0.29) is 0 Å². The second-order valence-corrected chi connectivity index (χ2v) is 6.99. The summed E-state index contributed by atoms with van der Waals surface area (Å²) in [6.45, 7) is 3.64. The second-order valence-electron chi connectivity index (χ2n) is 6.99. The molecule has 0 saturated heterocycles. The van der Waals surface area contributed by atoms with Crippen molar-refractivity contribution in [3.63, 3.8) is 0 Å². The van der Waals surface area contributed by atoms with Gasteiger partial charge in [0.25, 0.3) is 0 Å². The summed E-state index contributed by atoms with van der Waals surface area (Å²) in [6, 6.07) is 12.6. The molecule has 28 heavy (non-hydrogen) atoms. The molecule has 0 aliphatic heterocycles. The minimum atomic E-state index is 0.633. The van der Waals surface area contributed by atoms with Crippen LogP contribution in [0.2, 0.25) is 0 Å². The molecule has 0 aliphatic rings. The molecule has 0 saturated carbocycles. The third kappa shape index (κ3) is 4.63. The van der Waals surface area contributed by atoms with E-state index in [0.29, 0.717) is 6.54 Å². The summed E-state index contributed by atoms with van der Waals surface area (Å²) in [5.41, 5.74) is 4.93. The Balaban J connectivity index is 1.54. The van der Waals surface area contributed by atoms with E-state index in [1.54, 1.807) is 7.05 Å². The average molecular weight is 379 g/mol. The van der Waals surface area contributed by atoms with Crippen molar-refractivity contribution < 1.29 is 0 Å². The van der Waals surface area contributed by atoms with Crippen molar-refractivity contribution in [3.05, 3.63) is 59.4 Å². The number of guanidine groups is 1. The number of nitrogens with zero attached hydrogens (tertiary/aromatic N) is 3. The Hall–Kier alpha value is -3.02. The van der Waals surface area contributed by atoms with E-state index >= 15 is 0 Å². The predicted octanol–water partition coefficient (Wildman–Crippen LogP) is 3.10. The number of para-hydroxylation sites is 1. The Morgan fingerprint density at radius 3 is 2.68 bits per heavy atom. The van der Waals surface area contributed by atoms with E-state index < -0.39 is 0 Å². The van der Waals surface area contributed by atoms with Gasteiger partial charge in [0.1, 0.15) is 5.82 Å². The molecule has 0 amide bonds. The number of hydrogen-bond donors (Lipinski definition) is 3. The van der Waals surface area contributed by atoms with Crippen LogP contribution in [0, 0.1) is 0 Å². The molecule has 2 heterocycles. The molecule has 0 fully saturated rings. The maximum atomic E-state index is 4.63. The molecule has 6 heteroatoms. The van der Waals surface area contributed by atoms with Crippen LogP contribution in [0.4, 0.5) is 5.82 Å². The van der Waals surface area contributed by atoms with Gasteiger partial charge in [0.2, 0.25) is 0 Å². The van der Waals surface area contributed by atoms with Gasteiger partial charge in [0, 0.05) is 44.8 Å². The number of hydrogen-bond acceptors (Lipinski definition) is 3. The molecule has 3 aromatic rings. The lowest BCUT2D eigenvalue weighted by molar-refractivity contribution is 0.784. The van der Waals surface area contributed by atoms with Gasteiger partial charge in [-0.3, -0.25) is 4.99 Å². The predicted molar refractivity (Wildman–Crippen MR) is 118 cm³/mol. The Bertz CT molecular complexity index is 941. The number of aryl methyl sites for hydroxylation is 1. The van der Waals surface area contributed by atoms with E-state index in [4.69, 9.17) is 0 Å². The quantitative estimate of drug-likeness (QED) is 0.437. The van der Waals surface area contributed by atoms with Crippen molar-refractivity contribution in [1.29, 1.82) is 0 Å². The number of aromatic amines is 1. The maximum Gasteiger partial charge on any atom is 0.191 e. The highest BCUT2D eigenvalue weighted by Gasteiger charge is 2.07. The van der Waals surface area contributed by atoms with Crippen LogP contribution in [0.5, 0.6) is 0 Å². The standard InChI is InChI=1S/C22H30N6/c1-5-16-8-6-10-19-17(14-25-21(16)19)12-13-24-22(23-2)26-15-18-9-7-11-20(27-18)28(3)4/h6-11,14,25H,5,12-13,15H2,1-4H3,(H2,23,24,26). The highest BCUT2D eigenvalue weighted by Crippen LogP contribution is 2.22. The summed E-state index contributed by atoms with van der Waals surface area (Å²) in [5.74, 6) is 1.74. The zero-order chi connectivity index (χ0) is 19.9. The normalized spacial score (nSPS) is 11.6. The summed E-state index contributed by atoms with van der Waals surface area (Å²) in [4.78, 5) is 14.4. The minimum absolute atomic E-state index is 0.633. The molecular formula is C22H30N6. The molecule has 2 aromatic heterocycles. The van der Waals surface area contributed by atoms with E-state index in [9.17, 15) is 0 Å². The topological polar surface area (TPSA) is 68.3 Å². The summed E-state index contributed by atoms with van der Waals surface area (Å²) in [5, 5.41) is 8.05. The number of aromatic nitrogens is 2. The molecule has 0 spiro atoms. The smallest absolute Gasteiger partial charge is 0.191 e. The lowest BCUT2D eigenvalue weighted by atomic mass is 10.1. The summed E-state index contributed by atoms with van der Waals surface area (Å²) in [6.07, 6.45) is 4.09. The van der Waals surface area contributed by atoms with Crippen LogP contribution in [0.1, 0.15) is 23.7 Å². The number of benzene rings is 1. The molecule has 0 unspecified atom stereocenters.